The van der Waals surface area contributed by atoms with E-state index < -0.39 is 0 Å². The summed E-state index contributed by atoms with van der Waals surface area (Å²) < 4.78 is 5.40. The highest BCUT2D eigenvalue weighted by Crippen LogP contribution is 2.20. The van der Waals surface area contributed by atoms with E-state index >= 15 is 0 Å². The molecule has 1 aromatic rings. The molecule has 2 aliphatic heterocycles. The number of unbranched alkanes of at least 4 members (excludes halogenated alkanes) is 1. The Bertz CT molecular complexity index is 604. The van der Waals surface area contributed by atoms with Gasteiger partial charge in [0.1, 0.15) is 0 Å². The molecule has 2 saturated heterocycles. The zero-order valence-corrected chi connectivity index (χ0v) is 19.9. The highest BCUT2D eigenvalue weighted by Gasteiger charge is 2.19. The predicted molar refractivity (Wildman–Crippen MR) is 129 cm³/mol. The van der Waals surface area contributed by atoms with Gasteiger partial charge in [0, 0.05) is 63.6 Å². The SMILES string of the molecule is CN=C(NCCCCN1CCOCC1)N1CCN(c2cccc(Cl)c2)CC1.I. The Labute approximate surface area is 191 Å². The fraction of sp³-hybridized carbons (Fsp3) is 0.650. The van der Waals surface area contributed by atoms with Crippen molar-refractivity contribution in [3.05, 3.63) is 29.3 Å². The second-order valence-electron chi connectivity index (χ2n) is 7.09. The maximum absolute atomic E-state index is 6.12. The molecule has 2 fully saturated rings. The van der Waals surface area contributed by atoms with Crippen LogP contribution in [-0.4, -0.2) is 88.4 Å². The second-order valence-corrected chi connectivity index (χ2v) is 7.53. The van der Waals surface area contributed by atoms with Gasteiger partial charge in [0.2, 0.25) is 0 Å². The van der Waals surface area contributed by atoms with Gasteiger partial charge in [-0.2, -0.15) is 0 Å². The molecule has 0 bridgehead atoms. The summed E-state index contributed by atoms with van der Waals surface area (Å²) in [5.41, 5.74) is 1.20. The van der Waals surface area contributed by atoms with Gasteiger partial charge in [0.25, 0.3) is 0 Å². The molecular formula is C20H33ClIN5O. The molecule has 0 spiro atoms. The van der Waals surface area contributed by atoms with E-state index in [2.05, 4.69) is 31.1 Å². The summed E-state index contributed by atoms with van der Waals surface area (Å²) in [5, 5.41) is 4.33. The first kappa shape index (κ1) is 23.5. The number of benzene rings is 1. The lowest BCUT2D eigenvalue weighted by atomic mass is 10.2. The van der Waals surface area contributed by atoms with Crippen LogP contribution in [0.1, 0.15) is 12.8 Å². The van der Waals surface area contributed by atoms with Crippen LogP contribution in [0.2, 0.25) is 5.02 Å². The Balaban J connectivity index is 0.00000280. The number of ether oxygens (including phenoxy) is 1. The summed E-state index contributed by atoms with van der Waals surface area (Å²) in [6.07, 6.45) is 2.38. The number of anilines is 1. The number of hydrogen-bond acceptors (Lipinski definition) is 4. The van der Waals surface area contributed by atoms with Gasteiger partial charge in [-0.3, -0.25) is 9.89 Å². The smallest absolute Gasteiger partial charge is 0.193 e. The molecule has 2 aliphatic rings. The van der Waals surface area contributed by atoms with E-state index in [1.165, 1.54) is 25.1 Å². The van der Waals surface area contributed by atoms with Crippen molar-refractivity contribution in [2.75, 3.05) is 77.5 Å². The fourth-order valence-corrected chi connectivity index (χ4v) is 3.85. The maximum Gasteiger partial charge on any atom is 0.193 e. The number of guanidine groups is 1. The van der Waals surface area contributed by atoms with Crippen LogP contribution in [0.4, 0.5) is 5.69 Å². The fourth-order valence-electron chi connectivity index (χ4n) is 3.67. The predicted octanol–water partition coefficient (Wildman–Crippen LogP) is 2.77. The zero-order chi connectivity index (χ0) is 18.9. The van der Waals surface area contributed by atoms with E-state index in [0.717, 1.165) is 70.0 Å². The molecule has 0 atom stereocenters. The van der Waals surface area contributed by atoms with E-state index in [1.54, 1.807) is 0 Å². The molecule has 8 heteroatoms. The highest BCUT2D eigenvalue weighted by molar-refractivity contribution is 14.0. The van der Waals surface area contributed by atoms with Crippen molar-refractivity contribution in [3.8, 4) is 0 Å². The largest absolute Gasteiger partial charge is 0.379 e. The number of piperazine rings is 1. The van der Waals surface area contributed by atoms with E-state index in [1.807, 2.05) is 25.2 Å². The van der Waals surface area contributed by atoms with Crippen molar-refractivity contribution in [2.24, 2.45) is 4.99 Å². The standard InChI is InChI=1S/C20H32ClN5O.HI/c1-22-20(23-7-2-3-8-24-13-15-27-16-14-24)26-11-9-25(10-12-26)19-6-4-5-18(21)17-19;/h4-6,17H,2-3,7-16H2,1H3,(H,22,23);1H. The summed E-state index contributed by atoms with van der Waals surface area (Å²) in [5.74, 6) is 1.02. The molecule has 3 rings (SSSR count). The number of halogens is 2. The molecule has 0 aromatic heterocycles. The van der Waals surface area contributed by atoms with Gasteiger partial charge in [-0.25, -0.2) is 0 Å². The zero-order valence-electron chi connectivity index (χ0n) is 16.8. The van der Waals surface area contributed by atoms with E-state index in [4.69, 9.17) is 16.3 Å². The summed E-state index contributed by atoms with van der Waals surface area (Å²) >= 11 is 6.12. The average molecular weight is 522 g/mol. The van der Waals surface area contributed by atoms with Crippen LogP contribution in [-0.2, 0) is 4.74 Å². The Hall–Kier alpha value is -0.770. The van der Waals surface area contributed by atoms with Gasteiger partial charge in [-0.1, -0.05) is 17.7 Å². The van der Waals surface area contributed by atoms with Gasteiger partial charge in [0.15, 0.2) is 5.96 Å². The van der Waals surface area contributed by atoms with Gasteiger partial charge in [-0.15, -0.1) is 24.0 Å². The van der Waals surface area contributed by atoms with Crippen LogP contribution in [0.5, 0.6) is 0 Å². The molecule has 0 unspecified atom stereocenters. The van der Waals surface area contributed by atoms with Crippen molar-refractivity contribution in [1.82, 2.24) is 15.1 Å². The number of hydrogen-bond donors (Lipinski definition) is 1. The molecule has 0 radical (unpaired) electrons. The lowest BCUT2D eigenvalue weighted by Gasteiger charge is -2.37. The lowest BCUT2D eigenvalue weighted by Crippen LogP contribution is -2.52. The third-order valence-corrected chi connectivity index (χ3v) is 5.49. The Kier molecular flexibility index (Phi) is 10.7. The minimum absolute atomic E-state index is 0. The van der Waals surface area contributed by atoms with Gasteiger partial charge in [-0.05, 0) is 37.6 Å². The minimum Gasteiger partial charge on any atom is -0.379 e. The van der Waals surface area contributed by atoms with E-state index in [9.17, 15) is 0 Å². The molecule has 0 saturated carbocycles. The van der Waals surface area contributed by atoms with Crippen LogP contribution >= 0.6 is 35.6 Å². The highest BCUT2D eigenvalue weighted by atomic mass is 127. The van der Waals surface area contributed by atoms with Crippen molar-refractivity contribution in [1.29, 1.82) is 0 Å². The van der Waals surface area contributed by atoms with Crippen molar-refractivity contribution in [3.63, 3.8) is 0 Å². The molecule has 1 N–H and O–H groups in total. The molecule has 2 heterocycles. The van der Waals surface area contributed by atoms with Crippen LogP contribution in [0.3, 0.4) is 0 Å². The van der Waals surface area contributed by atoms with Gasteiger partial charge >= 0.3 is 0 Å². The third kappa shape index (κ3) is 7.24. The molecule has 6 nitrogen and oxygen atoms in total. The van der Waals surface area contributed by atoms with Crippen LogP contribution in [0.15, 0.2) is 29.3 Å². The molecule has 0 aliphatic carbocycles. The summed E-state index contributed by atoms with van der Waals surface area (Å²) in [6.45, 7) is 9.97. The van der Waals surface area contributed by atoms with Crippen LogP contribution in [0, 0.1) is 0 Å². The maximum atomic E-state index is 6.12. The third-order valence-electron chi connectivity index (χ3n) is 5.25. The van der Waals surface area contributed by atoms with Crippen LogP contribution in [0.25, 0.3) is 0 Å². The number of rotatable bonds is 6. The van der Waals surface area contributed by atoms with Crippen LogP contribution < -0.4 is 10.2 Å². The van der Waals surface area contributed by atoms with Crippen molar-refractivity contribution >= 4 is 47.2 Å². The summed E-state index contributed by atoms with van der Waals surface area (Å²) in [6, 6.07) is 8.11. The lowest BCUT2D eigenvalue weighted by molar-refractivity contribution is 0.0372. The van der Waals surface area contributed by atoms with Gasteiger partial charge < -0.3 is 19.9 Å². The normalized spacial score (nSPS) is 18.7. The topological polar surface area (TPSA) is 43.3 Å². The second kappa shape index (κ2) is 12.7. The number of aliphatic imine (C=N–C) groups is 1. The Morgan fingerprint density at radius 3 is 2.54 bits per heavy atom. The van der Waals surface area contributed by atoms with Gasteiger partial charge in [0.05, 0.1) is 13.2 Å². The minimum atomic E-state index is 0. The molecular weight excluding hydrogens is 489 g/mol. The first-order chi connectivity index (χ1) is 13.3. The Morgan fingerprint density at radius 2 is 1.86 bits per heavy atom. The quantitative estimate of drug-likeness (QED) is 0.270. The first-order valence-corrected chi connectivity index (χ1v) is 10.4. The number of morpholine rings is 1. The molecule has 158 valence electrons. The molecule has 1 aromatic carbocycles. The molecule has 28 heavy (non-hydrogen) atoms. The van der Waals surface area contributed by atoms with Crippen molar-refractivity contribution in [2.45, 2.75) is 12.8 Å². The summed E-state index contributed by atoms with van der Waals surface area (Å²) in [7, 11) is 1.87. The first-order valence-electron chi connectivity index (χ1n) is 10.0. The van der Waals surface area contributed by atoms with E-state index in [-0.39, 0.29) is 24.0 Å². The van der Waals surface area contributed by atoms with Crippen molar-refractivity contribution < 1.29 is 4.74 Å². The average Bonchev–Trinajstić information content (AvgIpc) is 2.72. The van der Waals surface area contributed by atoms with E-state index in [0.29, 0.717) is 0 Å². The summed E-state index contributed by atoms with van der Waals surface area (Å²) in [4.78, 5) is 11.7. The number of nitrogens with zero attached hydrogens (tertiary/aromatic N) is 4. The number of nitrogens with one attached hydrogen (secondary N) is 1. The monoisotopic (exact) mass is 521 g/mol. The molecule has 0 amide bonds. The Morgan fingerprint density at radius 1 is 1.11 bits per heavy atom.